The van der Waals surface area contributed by atoms with Crippen molar-refractivity contribution in [2.75, 3.05) is 25.0 Å². The van der Waals surface area contributed by atoms with E-state index >= 15 is 0 Å². The summed E-state index contributed by atoms with van der Waals surface area (Å²) in [5.74, 6) is 0.537. The first-order valence-corrected chi connectivity index (χ1v) is 10.2. The van der Waals surface area contributed by atoms with E-state index in [0.29, 0.717) is 23.6 Å². The van der Waals surface area contributed by atoms with Crippen molar-refractivity contribution in [1.29, 1.82) is 0 Å². The number of rotatable bonds is 5. The largest absolute Gasteiger partial charge is 0.337 e. The van der Waals surface area contributed by atoms with Crippen LogP contribution in [0.4, 0.5) is 9.93 Å². The highest BCUT2D eigenvalue weighted by atomic mass is 32.1. The highest BCUT2D eigenvalue weighted by Gasteiger charge is 2.20. The van der Waals surface area contributed by atoms with E-state index in [4.69, 9.17) is 0 Å². The molecule has 3 rings (SSSR count). The minimum atomic E-state index is -0.175. The number of likely N-dealkylation sites (tertiary alicyclic amines) is 1. The van der Waals surface area contributed by atoms with Gasteiger partial charge in [-0.25, -0.2) is 4.79 Å². The summed E-state index contributed by atoms with van der Waals surface area (Å²) in [4.78, 5) is 14.5. The third-order valence-corrected chi connectivity index (χ3v) is 6.24. The quantitative estimate of drug-likeness (QED) is 0.850. The summed E-state index contributed by atoms with van der Waals surface area (Å²) in [5.41, 5.74) is 0. The maximum absolute atomic E-state index is 12.0. The summed E-state index contributed by atoms with van der Waals surface area (Å²) < 4.78 is 0. The van der Waals surface area contributed by atoms with E-state index in [1.807, 2.05) is 0 Å². The maximum atomic E-state index is 12.0. The minimum absolute atomic E-state index is 0.175. The Balaban J connectivity index is 1.39. The molecule has 1 atom stereocenters. The summed E-state index contributed by atoms with van der Waals surface area (Å²) in [6.07, 6.45) is 10.2. The third-order valence-electron chi connectivity index (χ3n) is 5.24. The number of urea groups is 1. The fourth-order valence-corrected chi connectivity index (χ4v) is 4.65. The first-order chi connectivity index (χ1) is 11.7. The Morgan fingerprint density at radius 2 is 1.96 bits per heavy atom. The van der Waals surface area contributed by atoms with Crippen molar-refractivity contribution in [2.24, 2.45) is 0 Å². The van der Waals surface area contributed by atoms with Crippen molar-refractivity contribution in [2.45, 2.75) is 70.3 Å². The number of piperidine rings is 1. The van der Waals surface area contributed by atoms with Crippen molar-refractivity contribution in [1.82, 2.24) is 20.4 Å². The molecule has 2 N–H and O–H groups in total. The van der Waals surface area contributed by atoms with Crippen molar-refractivity contribution in [3.8, 4) is 0 Å². The Morgan fingerprint density at radius 1 is 1.17 bits per heavy atom. The molecule has 1 aromatic rings. The van der Waals surface area contributed by atoms with Gasteiger partial charge in [-0.1, -0.05) is 37.0 Å². The molecule has 2 aliphatic rings. The first kappa shape index (κ1) is 17.6. The fourth-order valence-electron chi connectivity index (χ4n) is 3.74. The normalized spacial score (nSPS) is 23.1. The summed E-state index contributed by atoms with van der Waals surface area (Å²) >= 11 is 1.53. The van der Waals surface area contributed by atoms with Crippen LogP contribution >= 0.6 is 11.3 Å². The predicted octanol–water partition coefficient (Wildman–Crippen LogP) is 3.58. The van der Waals surface area contributed by atoms with Crippen molar-refractivity contribution < 1.29 is 4.79 Å². The molecule has 0 spiro atoms. The highest BCUT2D eigenvalue weighted by molar-refractivity contribution is 7.15. The van der Waals surface area contributed by atoms with E-state index in [-0.39, 0.29) is 6.03 Å². The summed E-state index contributed by atoms with van der Waals surface area (Å²) in [6, 6.07) is 0.454. The highest BCUT2D eigenvalue weighted by Crippen LogP contribution is 2.35. The molecule has 1 saturated heterocycles. The van der Waals surface area contributed by atoms with E-state index in [9.17, 15) is 4.79 Å². The molecule has 1 aliphatic carbocycles. The van der Waals surface area contributed by atoms with E-state index in [1.165, 1.54) is 62.7 Å². The predicted molar refractivity (Wildman–Crippen MR) is 97.6 cm³/mol. The number of carbonyl (C=O) groups excluding carboxylic acids is 1. The van der Waals surface area contributed by atoms with Gasteiger partial charge >= 0.3 is 6.03 Å². The number of hydrogen-bond donors (Lipinski definition) is 2. The van der Waals surface area contributed by atoms with Crippen LogP contribution in [0.2, 0.25) is 0 Å². The van der Waals surface area contributed by atoms with E-state index in [2.05, 4.69) is 32.7 Å². The lowest BCUT2D eigenvalue weighted by Crippen LogP contribution is -2.43. The maximum Gasteiger partial charge on any atom is 0.321 e. The first-order valence-electron chi connectivity index (χ1n) is 9.34. The average Bonchev–Trinajstić information content (AvgIpc) is 3.06. The Hall–Kier alpha value is -1.21. The second kappa shape index (κ2) is 8.76. The molecule has 1 saturated carbocycles. The van der Waals surface area contributed by atoms with Crippen LogP contribution in [0.5, 0.6) is 0 Å². The molecule has 24 heavy (non-hydrogen) atoms. The summed E-state index contributed by atoms with van der Waals surface area (Å²) in [6.45, 7) is 5.00. The van der Waals surface area contributed by atoms with Gasteiger partial charge in [0.25, 0.3) is 0 Å². The fraction of sp³-hybridized carbons (Fsp3) is 0.824. The Kier molecular flexibility index (Phi) is 6.43. The molecule has 1 unspecified atom stereocenters. The molecule has 6 nitrogen and oxygen atoms in total. The van der Waals surface area contributed by atoms with E-state index in [0.717, 1.165) is 18.1 Å². The minimum Gasteiger partial charge on any atom is -0.337 e. The van der Waals surface area contributed by atoms with Gasteiger partial charge in [-0.2, -0.15) is 0 Å². The van der Waals surface area contributed by atoms with Crippen molar-refractivity contribution in [3.05, 3.63) is 5.01 Å². The molecule has 0 aromatic carbocycles. The molecular formula is C17H29N5OS. The van der Waals surface area contributed by atoms with Crippen LogP contribution in [0, 0.1) is 0 Å². The Bertz CT molecular complexity index is 529. The number of nitrogens with zero attached hydrogens (tertiary/aromatic N) is 3. The zero-order valence-electron chi connectivity index (χ0n) is 14.6. The van der Waals surface area contributed by atoms with Gasteiger partial charge in [0.05, 0.1) is 0 Å². The SMILES string of the molecule is CC1CCCCN1CCNC(=O)Nc1nnc(C2CCCCC2)s1. The summed E-state index contributed by atoms with van der Waals surface area (Å²) in [5, 5.41) is 15.9. The lowest BCUT2D eigenvalue weighted by Gasteiger charge is -2.33. The lowest BCUT2D eigenvalue weighted by molar-refractivity contribution is 0.162. The van der Waals surface area contributed by atoms with Crippen molar-refractivity contribution in [3.63, 3.8) is 0 Å². The van der Waals surface area contributed by atoms with Crippen LogP contribution in [-0.2, 0) is 0 Å². The molecule has 7 heteroatoms. The standard InChI is InChI=1S/C17H29N5OS/c1-13-7-5-6-11-22(13)12-10-18-16(23)19-17-21-20-15(24-17)14-8-3-2-4-9-14/h13-14H,2-12H2,1H3,(H2,18,19,21,23). The second-order valence-corrected chi connectivity index (χ2v) is 8.05. The third kappa shape index (κ3) is 4.89. The smallest absolute Gasteiger partial charge is 0.321 e. The second-order valence-electron chi connectivity index (χ2n) is 7.04. The van der Waals surface area contributed by atoms with Gasteiger partial charge in [0.15, 0.2) is 0 Å². The molecular weight excluding hydrogens is 322 g/mol. The number of anilines is 1. The number of hydrogen-bond acceptors (Lipinski definition) is 5. The number of amides is 2. The number of carbonyl (C=O) groups is 1. The van der Waals surface area contributed by atoms with Gasteiger partial charge in [0, 0.05) is 25.0 Å². The monoisotopic (exact) mass is 351 g/mol. The number of nitrogens with one attached hydrogen (secondary N) is 2. The Labute approximate surface area is 148 Å². The topological polar surface area (TPSA) is 70.2 Å². The number of aromatic nitrogens is 2. The van der Waals surface area contributed by atoms with Crippen LogP contribution in [0.15, 0.2) is 0 Å². The molecule has 1 aromatic heterocycles. The van der Waals surface area contributed by atoms with Crippen LogP contribution in [0.25, 0.3) is 0 Å². The van der Waals surface area contributed by atoms with Crippen LogP contribution in [0.3, 0.4) is 0 Å². The van der Waals surface area contributed by atoms with E-state index in [1.54, 1.807) is 0 Å². The van der Waals surface area contributed by atoms with Gasteiger partial charge in [-0.05, 0) is 39.2 Å². The molecule has 134 valence electrons. The molecule has 2 fully saturated rings. The zero-order valence-corrected chi connectivity index (χ0v) is 15.4. The van der Waals surface area contributed by atoms with Gasteiger partial charge in [0.1, 0.15) is 5.01 Å². The average molecular weight is 352 g/mol. The van der Waals surface area contributed by atoms with Gasteiger partial charge in [-0.3, -0.25) is 10.2 Å². The van der Waals surface area contributed by atoms with Crippen LogP contribution in [0.1, 0.15) is 69.2 Å². The molecule has 0 radical (unpaired) electrons. The molecule has 2 heterocycles. The van der Waals surface area contributed by atoms with Gasteiger partial charge in [-0.15, -0.1) is 10.2 Å². The molecule has 1 aliphatic heterocycles. The van der Waals surface area contributed by atoms with E-state index < -0.39 is 0 Å². The van der Waals surface area contributed by atoms with Crippen LogP contribution < -0.4 is 10.6 Å². The van der Waals surface area contributed by atoms with Crippen molar-refractivity contribution >= 4 is 22.5 Å². The molecule has 0 bridgehead atoms. The summed E-state index contributed by atoms with van der Waals surface area (Å²) in [7, 11) is 0. The van der Waals surface area contributed by atoms with Gasteiger partial charge < -0.3 is 5.32 Å². The zero-order chi connectivity index (χ0) is 16.8. The van der Waals surface area contributed by atoms with Gasteiger partial charge in [0.2, 0.25) is 5.13 Å². The lowest BCUT2D eigenvalue weighted by atomic mass is 9.90. The molecule has 2 amide bonds. The van der Waals surface area contributed by atoms with Crippen LogP contribution in [-0.4, -0.2) is 46.8 Å². The Morgan fingerprint density at radius 3 is 2.75 bits per heavy atom.